The molecule has 1 aliphatic rings. The van der Waals surface area contributed by atoms with Gasteiger partial charge in [0.05, 0.1) is 6.04 Å². The summed E-state index contributed by atoms with van der Waals surface area (Å²) in [7, 11) is 1.90. The van der Waals surface area contributed by atoms with E-state index in [2.05, 4.69) is 25.1 Å². The van der Waals surface area contributed by atoms with Crippen molar-refractivity contribution in [2.75, 3.05) is 7.05 Å². The van der Waals surface area contributed by atoms with Crippen molar-refractivity contribution in [3.05, 3.63) is 71.3 Å². The number of carbonyl (C=O) groups is 1. The molecule has 2 heteroatoms. The lowest BCUT2D eigenvalue weighted by Crippen LogP contribution is -2.39. The van der Waals surface area contributed by atoms with Crippen LogP contribution in [-0.4, -0.2) is 17.9 Å². The minimum absolute atomic E-state index is 0.113. The average Bonchev–Trinajstić information content (AvgIpc) is 2.46. The second-order valence-electron chi connectivity index (χ2n) is 5.15. The van der Waals surface area contributed by atoms with Gasteiger partial charge in [-0.3, -0.25) is 4.79 Å². The van der Waals surface area contributed by atoms with Crippen LogP contribution < -0.4 is 0 Å². The lowest BCUT2D eigenvalue weighted by molar-refractivity contribution is 0.0678. The van der Waals surface area contributed by atoms with E-state index in [0.29, 0.717) is 5.92 Å². The van der Waals surface area contributed by atoms with Crippen LogP contribution in [0, 0.1) is 0 Å². The molecule has 2 atom stereocenters. The van der Waals surface area contributed by atoms with Gasteiger partial charge in [-0.05, 0) is 17.2 Å². The van der Waals surface area contributed by atoms with Crippen molar-refractivity contribution in [3.63, 3.8) is 0 Å². The second kappa shape index (κ2) is 4.54. The Morgan fingerprint density at radius 3 is 2.32 bits per heavy atom. The van der Waals surface area contributed by atoms with Gasteiger partial charge in [-0.2, -0.15) is 0 Å². The summed E-state index contributed by atoms with van der Waals surface area (Å²) in [5.74, 6) is 0.420. The Bertz CT molecular complexity index is 606. The first-order valence-corrected chi connectivity index (χ1v) is 6.61. The third-order valence-electron chi connectivity index (χ3n) is 4.03. The average molecular weight is 251 g/mol. The molecule has 0 unspecified atom stereocenters. The number of rotatable bonds is 1. The summed E-state index contributed by atoms with van der Waals surface area (Å²) in [4.78, 5) is 14.3. The molecule has 1 amide bonds. The van der Waals surface area contributed by atoms with E-state index in [9.17, 15) is 4.79 Å². The SMILES string of the molecule is C[C@@H]1c2ccccc2C(=O)N(C)[C@H]1c1ccccc1. The molecule has 0 radical (unpaired) electrons. The monoisotopic (exact) mass is 251 g/mol. The van der Waals surface area contributed by atoms with Gasteiger partial charge in [0.1, 0.15) is 0 Å². The van der Waals surface area contributed by atoms with Crippen LogP contribution in [-0.2, 0) is 0 Å². The first-order chi connectivity index (χ1) is 9.20. The lowest BCUT2D eigenvalue weighted by atomic mass is 9.81. The fourth-order valence-electron chi connectivity index (χ4n) is 3.07. The zero-order valence-electron chi connectivity index (χ0n) is 11.2. The molecule has 19 heavy (non-hydrogen) atoms. The maximum absolute atomic E-state index is 12.5. The fourth-order valence-corrected chi connectivity index (χ4v) is 3.07. The van der Waals surface area contributed by atoms with Crippen LogP contribution in [0.4, 0.5) is 0 Å². The molecule has 0 aliphatic carbocycles. The predicted molar refractivity (Wildman–Crippen MR) is 76.1 cm³/mol. The Kier molecular flexibility index (Phi) is 2.86. The standard InChI is InChI=1S/C17H17NO/c1-12-14-10-6-7-11-15(14)17(19)18(2)16(12)13-8-4-3-5-9-13/h3-12,16H,1-2H3/t12-,16-/m1/s1. The summed E-state index contributed by atoms with van der Waals surface area (Å²) in [5.41, 5.74) is 3.18. The van der Waals surface area contributed by atoms with Crippen molar-refractivity contribution in [2.45, 2.75) is 18.9 Å². The van der Waals surface area contributed by atoms with Crippen molar-refractivity contribution in [2.24, 2.45) is 0 Å². The summed E-state index contributed by atoms with van der Waals surface area (Å²) in [6.07, 6.45) is 0. The molecule has 0 fully saturated rings. The van der Waals surface area contributed by atoms with E-state index >= 15 is 0 Å². The van der Waals surface area contributed by atoms with E-state index in [-0.39, 0.29) is 11.9 Å². The number of fused-ring (bicyclic) bond motifs is 1. The molecular weight excluding hydrogens is 234 g/mol. The van der Waals surface area contributed by atoms with Gasteiger partial charge >= 0.3 is 0 Å². The van der Waals surface area contributed by atoms with Crippen molar-refractivity contribution in [3.8, 4) is 0 Å². The third-order valence-corrected chi connectivity index (χ3v) is 4.03. The molecule has 96 valence electrons. The molecular formula is C17H17NO. The molecule has 2 aromatic carbocycles. The Morgan fingerprint density at radius 1 is 0.947 bits per heavy atom. The first kappa shape index (κ1) is 12.0. The summed E-state index contributed by atoms with van der Waals surface area (Å²) in [6, 6.07) is 18.3. The summed E-state index contributed by atoms with van der Waals surface area (Å²) in [5, 5.41) is 0. The highest BCUT2D eigenvalue weighted by Crippen LogP contribution is 2.41. The number of hydrogen-bond acceptors (Lipinski definition) is 1. The Labute approximate surface area is 113 Å². The topological polar surface area (TPSA) is 20.3 Å². The molecule has 0 aromatic heterocycles. The molecule has 3 rings (SSSR count). The molecule has 0 N–H and O–H groups in total. The van der Waals surface area contributed by atoms with E-state index in [1.807, 2.05) is 48.3 Å². The predicted octanol–water partition coefficient (Wildman–Crippen LogP) is 3.62. The van der Waals surface area contributed by atoms with Crippen molar-refractivity contribution >= 4 is 5.91 Å². The largest absolute Gasteiger partial charge is 0.334 e. The normalized spacial score (nSPS) is 22.2. The minimum Gasteiger partial charge on any atom is -0.334 e. The van der Waals surface area contributed by atoms with Gasteiger partial charge in [0.15, 0.2) is 0 Å². The number of likely N-dealkylation sites (N-methyl/N-ethyl adjacent to an activating group) is 1. The Balaban J connectivity index is 2.12. The molecule has 0 saturated heterocycles. The van der Waals surface area contributed by atoms with Crippen LogP contribution in [0.1, 0.15) is 40.4 Å². The van der Waals surface area contributed by atoms with Gasteiger partial charge in [0, 0.05) is 18.5 Å². The molecule has 0 spiro atoms. The molecule has 1 heterocycles. The van der Waals surface area contributed by atoms with E-state index in [1.165, 1.54) is 5.56 Å². The number of nitrogens with zero attached hydrogens (tertiary/aromatic N) is 1. The minimum atomic E-state index is 0.113. The van der Waals surface area contributed by atoms with Crippen LogP contribution in [0.5, 0.6) is 0 Å². The van der Waals surface area contributed by atoms with Crippen LogP contribution in [0.2, 0.25) is 0 Å². The van der Waals surface area contributed by atoms with Crippen molar-refractivity contribution in [1.29, 1.82) is 0 Å². The summed E-state index contributed by atoms with van der Waals surface area (Å²) >= 11 is 0. The smallest absolute Gasteiger partial charge is 0.254 e. The fraction of sp³-hybridized carbons (Fsp3) is 0.235. The number of benzene rings is 2. The van der Waals surface area contributed by atoms with Crippen LogP contribution in [0.15, 0.2) is 54.6 Å². The Morgan fingerprint density at radius 2 is 1.58 bits per heavy atom. The molecule has 0 bridgehead atoms. The molecule has 0 saturated carbocycles. The van der Waals surface area contributed by atoms with Gasteiger partial charge < -0.3 is 4.90 Å². The van der Waals surface area contributed by atoms with E-state index in [4.69, 9.17) is 0 Å². The van der Waals surface area contributed by atoms with Gasteiger partial charge in [0.2, 0.25) is 0 Å². The third kappa shape index (κ3) is 1.84. The maximum Gasteiger partial charge on any atom is 0.254 e. The number of hydrogen-bond donors (Lipinski definition) is 0. The summed E-state index contributed by atoms with van der Waals surface area (Å²) in [6.45, 7) is 2.19. The van der Waals surface area contributed by atoms with Crippen molar-refractivity contribution < 1.29 is 4.79 Å². The summed E-state index contributed by atoms with van der Waals surface area (Å²) < 4.78 is 0. The molecule has 2 nitrogen and oxygen atoms in total. The zero-order valence-corrected chi connectivity index (χ0v) is 11.2. The highest BCUT2D eigenvalue weighted by molar-refractivity contribution is 5.97. The van der Waals surface area contributed by atoms with Gasteiger partial charge in [-0.25, -0.2) is 0 Å². The number of carbonyl (C=O) groups excluding carboxylic acids is 1. The van der Waals surface area contributed by atoms with Crippen LogP contribution in [0.3, 0.4) is 0 Å². The number of amides is 1. The van der Waals surface area contributed by atoms with Crippen molar-refractivity contribution in [1.82, 2.24) is 4.90 Å². The van der Waals surface area contributed by atoms with Gasteiger partial charge in [-0.1, -0.05) is 55.5 Å². The Hall–Kier alpha value is -2.09. The highest BCUT2D eigenvalue weighted by atomic mass is 16.2. The van der Waals surface area contributed by atoms with E-state index in [1.54, 1.807) is 0 Å². The maximum atomic E-state index is 12.5. The highest BCUT2D eigenvalue weighted by Gasteiger charge is 2.35. The van der Waals surface area contributed by atoms with Crippen LogP contribution in [0.25, 0.3) is 0 Å². The first-order valence-electron chi connectivity index (χ1n) is 6.61. The van der Waals surface area contributed by atoms with E-state index < -0.39 is 0 Å². The zero-order chi connectivity index (χ0) is 13.4. The lowest BCUT2D eigenvalue weighted by Gasteiger charge is -2.39. The second-order valence-corrected chi connectivity index (χ2v) is 5.15. The quantitative estimate of drug-likeness (QED) is 0.758. The molecule has 2 aromatic rings. The molecule has 1 aliphatic heterocycles. The van der Waals surface area contributed by atoms with Gasteiger partial charge in [-0.15, -0.1) is 0 Å². The van der Waals surface area contributed by atoms with Gasteiger partial charge in [0.25, 0.3) is 5.91 Å². The van der Waals surface area contributed by atoms with E-state index in [0.717, 1.165) is 11.1 Å². The van der Waals surface area contributed by atoms with Crippen LogP contribution >= 0.6 is 0 Å².